The second-order valence-electron chi connectivity index (χ2n) is 5.16. The molecule has 1 aliphatic carbocycles. The van der Waals surface area contributed by atoms with Crippen molar-refractivity contribution in [2.24, 2.45) is 5.92 Å². The molecule has 17 heavy (non-hydrogen) atoms. The predicted octanol–water partition coefficient (Wildman–Crippen LogP) is 4.14. The molecule has 1 aromatic rings. The summed E-state index contributed by atoms with van der Waals surface area (Å²) in [5.74, 6) is 2.40. The molecule has 2 heteroatoms. The van der Waals surface area contributed by atoms with Crippen molar-refractivity contribution in [3.05, 3.63) is 24.3 Å². The largest absolute Gasteiger partial charge is 0.451 e. The Balaban J connectivity index is 1.66. The first-order valence-electron chi connectivity index (χ1n) is 6.86. The van der Waals surface area contributed by atoms with Gasteiger partial charge in [0.25, 0.3) is 0 Å². The molecule has 0 saturated heterocycles. The molecule has 0 radical (unpaired) electrons. The van der Waals surface area contributed by atoms with E-state index in [4.69, 9.17) is 9.47 Å². The molecule has 3 rings (SSSR count). The van der Waals surface area contributed by atoms with Gasteiger partial charge in [-0.15, -0.1) is 0 Å². The third-order valence-electron chi connectivity index (χ3n) is 3.87. The van der Waals surface area contributed by atoms with Gasteiger partial charge in [-0.3, -0.25) is 0 Å². The summed E-state index contributed by atoms with van der Waals surface area (Å²) in [6.45, 7) is 0. The molecule has 0 amide bonds. The Bertz CT molecular complexity index is 342. The summed E-state index contributed by atoms with van der Waals surface area (Å²) in [7, 11) is 0. The average Bonchev–Trinajstić information content (AvgIpc) is 2.71. The van der Waals surface area contributed by atoms with Crippen molar-refractivity contribution in [3.8, 4) is 11.5 Å². The first-order valence-corrected chi connectivity index (χ1v) is 6.86. The maximum absolute atomic E-state index is 5.92. The summed E-state index contributed by atoms with van der Waals surface area (Å²) in [5.41, 5.74) is 0. The van der Waals surface area contributed by atoms with Crippen molar-refractivity contribution in [2.75, 3.05) is 0 Å². The molecule has 0 aromatic heterocycles. The van der Waals surface area contributed by atoms with Crippen LogP contribution >= 0.6 is 0 Å². The first-order chi connectivity index (χ1) is 8.43. The molecular weight excluding hydrogens is 212 g/mol. The van der Waals surface area contributed by atoms with Gasteiger partial charge in [0.15, 0.2) is 11.5 Å². The lowest BCUT2D eigenvalue weighted by molar-refractivity contribution is -0.0135. The van der Waals surface area contributed by atoms with E-state index >= 15 is 0 Å². The van der Waals surface area contributed by atoms with Gasteiger partial charge in [0, 0.05) is 5.92 Å². The van der Waals surface area contributed by atoms with E-state index in [1.807, 2.05) is 24.3 Å². The van der Waals surface area contributed by atoms with E-state index in [9.17, 15) is 0 Å². The number of para-hydroxylation sites is 2. The van der Waals surface area contributed by atoms with Gasteiger partial charge in [-0.1, -0.05) is 44.2 Å². The Morgan fingerprint density at radius 1 is 0.765 bits per heavy atom. The van der Waals surface area contributed by atoms with E-state index in [0.717, 1.165) is 11.5 Å². The minimum Gasteiger partial charge on any atom is -0.451 e. The molecule has 1 aromatic carbocycles. The minimum absolute atomic E-state index is 0.0366. The highest BCUT2D eigenvalue weighted by Gasteiger charge is 2.31. The highest BCUT2D eigenvalue weighted by molar-refractivity contribution is 5.41. The van der Waals surface area contributed by atoms with Gasteiger partial charge >= 0.3 is 0 Å². The van der Waals surface area contributed by atoms with Gasteiger partial charge in [0.2, 0.25) is 6.29 Å². The first kappa shape index (κ1) is 10.9. The lowest BCUT2D eigenvalue weighted by atomic mass is 9.91. The van der Waals surface area contributed by atoms with Crippen molar-refractivity contribution in [3.63, 3.8) is 0 Å². The second kappa shape index (κ2) is 4.99. The summed E-state index contributed by atoms with van der Waals surface area (Å²) in [6.07, 6.45) is 9.25. The summed E-state index contributed by atoms with van der Waals surface area (Å²) in [4.78, 5) is 0. The van der Waals surface area contributed by atoms with E-state index in [1.165, 1.54) is 44.9 Å². The summed E-state index contributed by atoms with van der Waals surface area (Å²) < 4.78 is 11.8. The molecule has 1 fully saturated rings. The molecule has 1 heterocycles. The van der Waals surface area contributed by atoms with Crippen LogP contribution in [-0.2, 0) is 0 Å². The quantitative estimate of drug-likeness (QED) is 0.724. The molecule has 0 spiro atoms. The smallest absolute Gasteiger partial charge is 0.244 e. The Morgan fingerprint density at radius 3 is 1.88 bits per heavy atom. The fourth-order valence-corrected chi connectivity index (χ4v) is 2.87. The van der Waals surface area contributed by atoms with Gasteiger partial charge in [-0.25, -0.2) is 0 Å². The molecule has 0 unspecified atom stereocenters. The van der Waals surface area contributed by atoms with Crippen LogP contribution in [0.5, 0.6) is 11.5 Å². The fourth-order valence-electron chi connectivity index (χ4n) is 2.87. The summed E-state index contributed by atoms with van der Waals surface area (Å²) in [6, 6.07) is 8.00. The highest BCUT2D eigenvalue weighted by Crippen LogP contribution is 2.38. The Morgan fingerprint density at radius 2 is 1.29 bits per heavy atom. The van der Waals surface area contributed by atoms with Crippen molar-refractivity contribution >= 4 is 0 Å². The van der Waals surface area contributed by atoms with Gasteiger partial charge in [0.1, 0.15) is 0 Å². The number of ether oxygens (including phenoxy) is 2. The number of rotatable bonds is 1. The third-order valence-corrected chi connectivity index (χ3v) is 3.87. The molecule has 0 bridgehead atoms. The van der Waals surface area contributed by atoms with Crippen LogP contribution < -0.4 is 9.47 Å². The number of benzene rings is 1. The van der Waals surface area contributed by atoms with Crippen LogP contribution in [0.25, 0.3) is 0 Å². The second-order valence-corrected chi connectivity index (χ2v) is 5.16. The van der Waals surface area contributed by atoms with Gasteiger partial charge in [0.05, 0.1) is 0 Å². The molecule has 0 atom stereocenters. The zero-order chi connectivity index (χ0) is 11.5. The van der Waals surface area contributed by atoms with E-state index in [2.05, 4.69) is 0 Å². The van der Waals surface area contributed by atoms with Crippen molar-refractivity contribution < 1.29 is 9.47 Å². The average molecular weight is 232 g/mol. The maximum Gasteiger partial charge on any atom is 0.244 e. The normalized spacial score (nSPS) is 22.1. The minimum atomic E-state index is -0.0366. The molecular formula is C15H20O2. The molecule has 2 aliphatic rings. The van der Waals surface area contributed by atoms with E-state index in [1.54, 1.807) is 0 Å². The Labute approximate surface area is 103 Å². The number of fused-ring (bicyclic) bond motifs is 1. The molecule has 1 aliphatic heterocycles. The number of hydrogen-bond acceptors (Lipinski definition) is 2. The van der Waals surface area contributed by atoms with Gasteiger partial charge in [-0.05, 0) is 25.0 Å². The van der Waals surface area contributed by atoms with E-state index < -0.39 is 0 Å². The van der Waals surface area contributed by atoms with E-state index in [0.29, 0.717) is 5.92 Å². The van der Waals surface area contributed by atoms with Crippen LogP contribution in [0, 0.1) is 5.92 Å². The molecule has 1 saturated carbocycles. The van der Waals surface area contributed by atoms with Crippen LogP contribution in [0.3, 0.4) is 0 Å². The zero-order valence-corrected chi connectivity index (χ0v) is 10.2. The van der Waals surface area contributed by atoms with Crippen molar-refractivity contribution in [1.82, 2.24) is 0 Å². The lowest BCUT2D eigenvalue weighted by Crippen LogP contribution is -2.29. The third kappa shape index (κ3) is 2.41. The van der Waals surface area contributed by atoms with E-state index in [-0.39, 0.29) is 6.29 Å². The van der Waals surface area contributed by atoms with Crippen LogP contribution in [-0.4, -0.2) is 6.29 Å². The van der Waals surface area contributed by atoms with Crippen LogP contribution in [0.4, 0.5) is 0 Å². The van der Waals surface area contributed by atoms with Crippen LogP contribution in [0.2, 0.25) is 0 Å². The molecule has 2 nitrogen and oxygen atoms in total. The SMILES string of the molecule is c1ccc2c(c1)OC(C1CCCCCCC1)O2. The van der Waals surface area contributed by atoms with Crippen molar-refractivity contribution in [2.45, 2.75) is 51.2 Å². The highest BCUT2D eigenvalue weighted by atomic mass is 16.7. The zero-order valence-electron chi connectivity index (χ0n) is 10.2. The van der Waals surface area contributed by atoms with Crippen LogP contribution in [0.15, 0.2) is 24.3 Å². The predicted molar refractivity (Wildman–Crippen MR) is 67.3 cm³/mol. The lowest BCUT2D eigenvalue weighted by Gasteiger charge is -2.24. The van der Waals surface area contributed by atoms with Crippen LogP contribution in [0.1, 0.15) is 44.9 Å². The maximum atomic E-state index is 5.92. The Kier molecular flexibility index (Phi) is 3.21. The summed E-state index contributed by atoms with van der Waals surface area (Å²) in [5, 5.41) is 0. The van der Waals surface area contributed by atoms with Crippen molar-refractivity contribution in [1.29, 1.82) is 0 Å². The van der Waals surface area contributed by atoms with Gasteiger partial charge in [-0.2, -0.15) is 0 Å². The fraction of sp³-hybridized carbons (Fsp3) is 0.600. The molecule has 92 valence electrons. The standard InChI is InChI=1S/C15H20O2/c1-2-4-8-12(9-5-3-1)15-16-13-10-6-7-11-14(13)17-15/h6-7,10-12,15H,1-5,8-9H2. The number of hydrogen-bond donors (Lipinski definition) is 0. The van der Waals surface area contributed by atoms with Gasteiger partial charge < -0.3 is 9.47 Å². The topological polar surface area (TPSA) is 18.5 Å². The monoisotopic (exact) mass is 232 g/mol. The summed E-state index contributed by atoms with van der Waals surface area (Å²) >= 11 is 0. The molecule has 0 N–H and O–H groups in total. The Hall–Kier alpha value is -1.18.